The standard InChI is InChI=1S/C20H21N5O/c1-14-16(15(2)25(24-14)13-5-11-21)9-10-20(26)23-19-8-3-7-18-17(19)6-4-12-22-18/h3-4,6-8,12H,5,9-10,13H2,1-2H3,(H,23,26). The number of hydrogen-bond acceptors (Lipinski definition) is 4. The Morgan fingerprint density at radius 3 is 2.92 bits per heavy atom. The first-order chi connectivity index (χ1) is 12.6. The third-order valence-electron chi connectivity index (χ3n) is 4.49. The fraction of sp³-hybridized carbons (Fsp3) is 0.300. The number of amides is 1. The molecule has 0 saturated heterocycles. The predicted molar refractivity (Wildman–Crippen MR) is 101 cm³/mol. The zero-order valence-corrected chi connectivity index (χ0v) is 15.0. The summed E-state index contributed by atoms with van der Waals surface area (Å²) in [6.07, 6.45) is 3.17. The summed E-state index contributed by atoms with van der Waals surface area (Å²) in [6, 6.07) is 11.6. The number of benzene rings is 1. The first-order valence-electron chi connectivity index (χ1n) is 8.63. The zero-order chi connectivity index (χ0) is 18.5. The van der Waals surface area contributed by atoms with Crippen LogP contribution in [0.3, 0.4) is 0 Å². The van der Waals surface area contributed by atoms with Crippen molar-refractivity contribution in [3.05, 3.63) is 53.5 Å². The number of pyridine rings is 1. The summed E-state index contributed by atoms with van der Waals surface area (Å²) in [7, 11) is 0. The van der Waals surface area contributed by atoms with E-state index in [2.05, 4.69) is 21.5 Å². The highest BCUT2D eigenvalue weighted by Gasteiger charge is 2.13. The topological polar surface area (TPSA) is 83.6 Å². The van der Waals surface area contributed by atoms with Gasteiger partial charge in [0, 0.05) is 23.7 Å². The molecule has 2 aromatic heterocycles. The second-order valence-corrected chi connectivity index (χ2v) is 6.20. The molecular weight excluding hydrogens is 326 g/mol. The molecule has 2 heterocycles. The number of aromatic nitrogens is 3. The molecule has 1 aromatic carbocycles. The summed E-state index contributed by atoms with van der Waals surface area (Å²) in [5.74, 6) is -0.0371. The van der Waals surface area contributed by atoms with Gasteiger partial charge in [0.1, 0.15) is 0 Å². The molecule has 0 bridgehead atoms. The van der Waals surface area contributed by atoms with Gasteiger partial charge in [0.05, 0.1) is 35.9 Å². The Morgan fingerprint density at radius 2 is 2.12 bits per heavy atom. The van der Waals surface area contributed by atoms with Crippen LogP contribution in [0.2, 0.25) is 0 Å². The number of fused-ring (bicyclic) bond motifs is 1. The fourth-order valence-electron chi connectivity index (χ4n) is 3.13. The molecule has 0 atom stereocenters. The number of carbonyl (C=O) groups excluding carboxylic acids is 1. The van der Waals surface area contributed by atoms with Gasteiger partial charge in [-0.2, -0.15) is 10.4 Å². The average Bonchev–Trinajstić information content (AvgIpc) is 2.92. The number of nitriles is 1. The second-order valence-electron chi connectivity index (χ2n) is 6.20. The van der Waals surface area contributed by atoms with Crippen LogP contribution in [-0.4, -0.2) is 20.7 Å². The van der Waals surface area contributed by atoms with Gasteiger partial charge in [-0.3, -0.25) is 14.5 Å². The van der Waals surface area contributed by atoms with E-state index < -0.39 is 0 Å². The Morgan fingerprint density at radius 1 is 1.27 bits per heavy atom. The Kier molecular flexibility index (Phi) is 5.28. The molecular formula is C20H21N5O. The van der Waals surface area contributed by atoms with Gasteiger partial charge in [-0.15, -0.1) is 0 Å². The minimum absolute atomic E-state index is 0.0371. The van der Waals surface area contributed by atoms with Crippen molar-refractivity contribution in [1.82, 2.24) is 14.8 Å². The van der Waals surface area contributed by atoms with Crippen molar-refractivity contribution >= 4 is 22.5 Å². The molecule has 6 heteroatoms. The van der Waals surface area contributed by atoms with Crippen LogP contribution < -0.4 is 5.32 Å². The van der Waals surface area contributed by atoms with Crippen LogP contribution >= 0.6 is 0 Å². The Hall–Kier alpha value is -3.20. The highest BCUT2D eigenvalue weighted by molar-refractivity contribution is 6.00. The maximum Gasteiger partial charge on any atom is 0.224 e. The second kappa shape index (κ2) is 7.79. The molecule has 3 aromatic rings. The van der Waals surface area contributed by atoms with Gasteiger partial charge < -0.3 is 5.32 Å². The molecule has 0 saturated carbocycles. The van der Waals surface area contributed by atoms with E-state index in [1.54, 1.807) is 6.20 Å². The number of rotatable bonds is 6. The Balaban J connectivity index is 1.68. The van der Waals surface area contributed by atoms with E-state index >= 15 is 0 Å². The molecule has 0 unspecified atom stereocenters. The van der Waals surface area contributed by atoms with Gasteiger partial charge in [-0.05, 0) is 50.1 Å². The van der Waals surface area contributed by atoms with E-state index in [4.69, 9.17) is 5.26 Å². The fourth-order valence-corrected chi connectivity index (χ4v) is 3.13. The van der Waals surface area contributed by atoms with Crippen LogP contribution in [-0.2, 0) is 17.8 Å². The molecule has 26 heavy (non-hydrogen) atoms. The molecule has 0 aliphatic carbocycles. The highest BCUT2D eigenvalue weighted by Crippen LogP contribution is 2.22. The van der Waals surface area contributed by atoms with Crippen LogP contribution in [0.4, 0.5) is 5.69 Å². The third kappa shape index (κ3) is 3.72. The van der Waals surface area contributed by atoms with E-state index in [-0.39, 0.29) is 5.91 Å². The van der Waals surface area contributed by atoms with Gasteiger partial charge in [0.15, 0.2) is 0 Å². The van der Waals surface area contributed by atoms with Gasteiger partial charge in [-0.25, -0.2) is 0 Å². The van der Waals surface area contributed by atoms with Crippen LogP contribution in [0.15, 0.2) is 36.5 Å². The lowest BCUT2D eigenvalue weighted by molar-refractivity contribution is -0.116. The molecule has 1 N–H and O–H groups in total. The van der Waals surface area contributed by atoms with Gasteiger partial charge in [0.25, 0.3) is 0 Å². The van der Waals surface area contributed by atoms with E-state index in [1.807, 2.05) is 48.9 Å². The number of nitrogens with one attached hydrogen (secondary N) is 1. The van der Waals surface area contributed by atoms with Crippen LogP contribution in [0.25, 0.3) is 10.9 Å². The first-order valence-corrected chi connectivity index (χ1v) is 8.63. The lowest BCUT2D eigenvalue weighted by atomic mass is 10.1. The summed E-state index contributed by atoms with van der Waals surface area (Å²) < 4.78 is 1.85. The van der Waals surface area contributed by atoms with Crippen molar-refractivity contribution in [3.8, 4) is 6.07 Å². The van der Waals surface area contributed by atoms with Crippen molar-refractivity contribution in [2.45, 2.75) is 39.7 Å². The zero-order valence-electron chi connectivity index (χ0n) is 15.0. The monoisotopic (exact) mass is 347 g/mol. The van der Waals surface area contributed by atoms with Crippen molar-refractivity contribution in [2.75, 3.05) is 5.32 Å². The molecule has 0 radical (unpaired) electrons. The molecule has 6 nitrogen and oxygen atoms in total. The van der Waals surface area contributed by atoms with Crippen molar-refractivity contribution in [3.63, 3.8) is 0 Å². The summed E-state index contributed by atoms with van der Waals surface area (Å²) in [5, 5.41) is 17.1. The first kappa shape index (κ1) is 17.6. The number of anilines is 1. The summed E-state index contributed by atoms with van der Waals surface area (Å²) in [4.78, 5) is 16.7. The van der Waals surface area contributed by atoms with E-state index in [0.717, 1.165) is 33.5 Å². The number of aryl methyl sites for hydroxylation is 2. The highest BCUT2D eigenvalue weighted by atomic mass is 16.1. The van der Waals surface area contributed by atoms with Crippen LogP contribution in [0.1, 0.15) is 29.8 Å². The molecule has 0 spiro atoms. The normalized spacial score (nSPS) is 10.7. The maximum atomic E-state index is 12.4. The quantitative estimate of drug-likeness (QED) is 0.739. The Labute approximate surface area is 152 Å². The summed E-state index contributed by atoms with van der Waals surface area (Å²) >= 11 is 0. The smallest absolute Gasteiger partial charge is 0.224 e. The van der Waals surface area contributed by atoms with Gasteiger partial charge in [0.2, 0.25) is 5.91 Å². The van der Waals surface area contributed by atoms with Crippen LogP contribution in [0, 0.1) is 25.2 Å². The lowest BCUT2D eigenvalue weighted by Crippen LogP contribution is -2.13. The number of nitrogens with zero attached hydrogens (tertiary/aromatic N) is 4. The molecule has 132 valence electrons. The molecule has 0 aliphatic rings. The largest absolute Gasteiger partial charge is 0.325 e. The van der Waals surface area contributed by atoms with E-state index in [1.165, 1.54) is 0 Å². The molecule has 0 fully saturated rings. The van der Waals surface area contributed by atoms with Gasteiger partial charge >= 0.3 is 0 Å². The Bertz CT molecular complexity index is 978. The minimum Gasteiger partial charge on any atom is -0.325 e. The summed E-state index contributed by atoms with van der Waals surface area (Å²) in [5.41, 5.74) is 4.66. The van der Waals surface area contributed by atoms with Crippen molar-refractivity contribution < 1.29 is 4.79 Å². The number of carbonyl (C=O) groups is 1. The van der Waals surface area contributed by atoms with E-state index in [0.29, 0.717) is 25.8 Å². The third-order valence-corrected chi connectivity index (χ3v) is 4.49. The van der Waals surface area contributed by atoms with Gasteiger partial charge in [-0.1, -0.05) is 6.07 Å². The lowest BCUT2D eigenvalue weighted by Gasteiger charge is -2.08. The van der Waals surface area contributed by atoms with Crippen molar-refractivity contribution in [2.24, 2.45) is 0 Å². The van der Waals surface area contributed by atoms with Crippen LogP contribution in [0.5, 0.6) is 0 Å². The summed E-state index contributed by atoms with van der Waals surface area (Å²) in [6.45, 7) is 4.51. The van der Waals surface area contributed by atoms with E-state index in [9.17, 15) is 4.79 Å². The molecule has 3 rings (SSSR count). The minimum atomic E-state index is -0.0371. The molecule has 1 amide bonds. The SMILES string of the molecule is Cc1nn(CCC#N)c(C)c1CCC(=O)Nc1cccc2ncccc12. The molecule has 0 aliphatic heterocycles. The maximum absolute atomic E-state index is 12.4. The van der Waals surface area contributed by atoms with Crippen molar-refractivity contribution in [1.29, 1.82) is 5.26 Å². The number of hydrogen-bond donors (Lipinski definition) is 1. The average molecular weight is 347 g/mol. The predicted octanol–water partition coefficient (Wildman–Crippen LogP) is 3.53.